The average Bonchev–Trinajstić information content (AvgIpc) is 3.08. The van der Waals surface area contributed by atoms with E-state index in [2.05, 4.69) is 84.9 Å². The predicted octanol–water partition coefficient (Wildman–Crippen LogP) is 2.23. The van der Waals surface area contributed by atoms with Crippen molar-refractivity contribution >= 4 is 21.5 Å². The third-order valence-corrected chi connectivity index (χ3v) is 3.10. The molecule has 0 nitrogen and oxygen atoms in total. The van der Waals surface area contributed by atoms with Crippen LogP contribution in [0.3, 0.4) is 0 Å². The quantitative estimate of drug-likeness (QED) is 0.345. The molecule has 0 amide bonds. The minimum absolute atomic E-state index is 0. The maximum atomic E-state index is 2.12. The molecule has 0 unspecified atom stereocenters. The van der Waals surface area contributed by atoms with Crippen molar-refractivity contribution in [3.05, 3.63) is 84.9 Å². The standard InChI is InChI=1S/2C9H7.ClH.Ti.H/c2*1-2-5-9-7-3-6-8(9)4-1;;;/h2*1-7H;1H;;/q2*-1;;+4;-1/p-1. The molecule has 0 fully saturated rings. The van der Waals surface area contributed by atoms with Gasteiger partial charge >= 0.3 is 21.7 Å². The van der Waals surface area contributed by atoms with Gasteiger partial charge in [0, 0.05) is 0 Å². The third-order valence-electron chi connectivity index (χ3n) is 3.10. The minimum Gasteiger partial charge on any atom is -1.00 e. The molecule has 98 valence electrons. The number of hydrogen-bond donors (Lipinski definition) is 0. The Labute approximate surface area is 141 Å². The Morgan fingerprint density at radius 2 is 1.00 bits per heavy atom. The monoisotopic (exact) mass is 314 g/mol. The first-order valence-electron chi connectivity index (χ1n) is 6.14. The van der Waals surface area contributed by atoms with E-state index in [9.17, 15) is 0 Å². The van der Waals surface area contributed by atoms with Gasteiger partial charge in [0.25, 0.3) is 0 Å². The normalized spacial score (nSPS) is 9.20. The molecule has 0 aliphatic heterocycles. The zero-order valence-electron chi connectivity index (χ0n) is 12.0. The van der Waals surface area contributed by atoms with Crippen LogP contribution in [-0.2, 0) is 21.7 Å². The second-order valence-electron chi connectivity index (χ2n) is 4.31. The number of fused-ring (bicyclic) bond motifs is 2. The first-order chi connectivity index (χ1) is 8.93. The molecule has 0 aliphatic rings. The van der Waals surface area contributed by atoms with Crippen LogP contribution in [0.2, 0.25) is 0 Å². The number of halogens is 1. The Bertz CT molecular complexity index is 631. The van der Waals surface area contributed by atoms with Crippen LogP contribution in [0.15, 0.2) is 84.9 Å². The van der Waals surface area contributed by atoms with Crippen molar-refractivity contribution < 1.29 is 35.6 Å². The second kappa shape index (κ2) is 8.06. The maximum absolute atomic E-state index is 2.12. The van der Waals surface area contributed by atoms with Crippen LogP contribution in [0, 0.1) is 0 Å². The molecule has 4 aromatic rings. The van der Waals surface area contributed by atoms with E-state index >= 15 is 0 Å². The Morgan fingerprint density at radius 1 is 0.600 bits per heavy atom. The van der Waals surface area contributed by atoms with Crippen LogP contribution < -0.4 is 12.4 Å². The molecule has 0 radical (unpaired) electrons. The van der Waals surface area contributed by atoms with Crippen molar-refractivity contribution in [1.82, 2.24) is 0 Å². The Morgan fingerprint density at radius 3 is 1.40 bits per heavy atom. The molecule has 20 heavy (non-hydrogen) atoms. The van der Waals surface area contributed by atoms with Gasteiger partial charge in [-0.1, -0.05) is 12.1 Å². The van der Waals surface area contributed by atoms with Crippen LogP contribution in [-0.4, -0.2) is 0 Å². The van der Waals surface area contributed by atoms with E-state index in [1.54, 1.807) is 0 Å². The van der Waals surface area contributed by atoms with Gasteiger partial charge in [0.05, 0.1) is 0 Å². The molecule has 0 heterocycles. The van der Waals surface area contributed by atoms with Gasteiger partial charge < -0.3 is 13.8 Å². The zero-order chi connectivity index (χ0) is 12.2. The molecular weight excluding hydrogens is 300 g/mol. The first kappa shape index (κ1) is 16.7. The van der Waals surface area contributed by atoms with Gasteiger partial charge in [-0.25, -0.2) is 0 Å². The number of hydrogen-bond acceptors (Lipinski definition) is 0. The van der Waals surface area contributed by atoms with Crippen LogP contribution in [0.4, 0.5) is 0 Å². The fraction of sp³-hybridized carbons (Fsp3) is 0. The van der Waals surface area contributed by atoms with E-state index in [4.69, 9.17) is 0 Å². The molecular formula is C18H15ClTi. The maximum Gasteiger partial charge on any atom is 4.00 e. The van der Waals surface area contributed by atoms with Crippen LogP contribution in [0.1, 0.15) is 1.43 Å². The van der Waals surface area contributed by atoms with E-state index in [1.165, 1.54) is 21.5 Å². The van der Waals surface area contributed by atoms with Gasteiger partial charge in [0.1, 0.15) is 0 Å². The van der Waals surface area contributed by atoms with Crippen LogP contribution in [0.25, 0.3) is 21.5 Å². The smallest absolute Gasteiger partial charge is 1.00 e. The van der Waals surface area contributed by atoms with Gasteiger partial charge in [0.15, 0.2) is 0 Å². The van der Waals surface area contributed by atoms with Crippen LogP contribution in [0.5, 0.6) is 0 Å². The van der Waals surface area contributed by atoms with E-state index < -0.39 is 0 Å². The largest absolute Gasteiger partial charge is 4.00 e. The van der Waals surface area contributed by atoms with Gasteiger partial charge in [-0.15, -0.1) is 59.3 Å². The third kappa shape index (κ3) is 3.83. The van der Waals surface area contributed by atoms with E-state index in [0.29, 0.717) is 0 Å². The molecule has 0 aliphatic carbocycles. The van der Waals surface area contributed by atoms with Crippen LogP contribution >= 0.6 is 0 Å². The van der Waals surface area contributed by atoms with Gasteiger partial charge in [-0.2, -0.15) is 35.0 Å². The molecule has 0 saturated carbocycles. The Kier molecular flexibility index (Phi) is 6.74. The molecule has 0 spiro atoms. The summed E-state index contributed by atoms with van der Waals surface area (Å²) in [5.41, 5.74) is 0. The molecule has 4 rings (SSSR count). The first-order valence-corrected chi connectivity index (χ1v) is 6.14. The Hall–Kier alpha value is -1.34. The second-order valence-corrected chi connectivity index (χ2v) is 4.31. The summed E-state index contributed by atoms with van der Waals surface area (Å²) in [4.78, 5) is 0. The molecule has 0 aromatic heterocycles. The summed E-state index contributed by atoms with van der Waals surface area (Å²) in [5, 5.41) is 5.32. The Balaban J connectivity index is 0.000000333. The van der Waals surface area contributed by atoms with Gasteiger partial charge in [-0.05, 0) is 0 Å². The molecule has 2 heteroatoms. The summed E-state index contributed by atoms with van der Waals surface area (Å²) >= 11 is 0. The number of benzene rings is 2. The number of rotatable bonds is 0. The molecule has 4 aromatic carbocycles. The fourth-order valence-electron chi connectivity index (χ4n) is 2.14. The summed E-state index contributed by atoms with van der Waals surface area (Å²) < 4.78 is 0. The SMILES string of the molecule is [Cl-].[H-].[Ti+4].c1ccc2[cH-]ccc2c1.c1ccc2[cH-]ccc2c1. The van der Waals surface area contributed by atoms with Crippen molar-refractivity contribution in [1.29, 1.82) is 0 Å². The van der Waals surface area contributed by atoms with Crippen molar-refractivity contribution in [3.8, 4) is 0 Å². The minimum atomic E-state index is 0. The average molecular weight is 315 g/mol. The molecule has 0 N–H and O–H groups in total. The predicted molar refractivity (Wildman–Crippen MR) is 80.2 cm³/mol. The molecule has 0 atom stereocenters. The van der Waals surface area contributed by atoms with Crippen molar-refractivity contribution in [2.24, 2.45) is 0 Å². The van der Waals surface area contributed by atoms with Crippen molar-refractivity contribution in [2.45, 2.75) is 0 Å². The summed E-state index contributed by atoms with van der Waals surface area (Å²) in [6, 6.07) is 29.3. The van der Waals surface area contributed by atoms with E-state index in [-0.39, 0.29) is 35.6 Å². The zero-order valence-corrected chi connectivity index (χ0v) is 13.3. The molecule has 0 bridgehead atoms. The summed E-state index contributed by atoms with van der Waals surface area (Å²) in [6.07, 6.45) is 0. The summed E-state index contributed by atoms with van der Waals surface area (Å²) in [7, 11) is 0. The topological polar surface area (TPSA) is 0 Å². The van der Waals surface area contributed by atoms with E-state index in [0.717, 1.165) is 0 Å². The fourth-order valence-corrected chi connectivity index (χ4v) is 2.14. The van der Waals surface area contributed by atoms with Crippen molar-refractivity contribution in [3.63, 3.8) is 0 Å². The summed E-state index contributed by atoms with van der Waals surface area (Å²) in [6.45, 7) is 0. The molecule has 0 saturated heterocycles. The van der Waals surface area contributed by atoms with Gasteiger partial charge in [0.2, 0.25) is 0 Å². The summed E-state index contributed by atoms with van der Waals surface area (Å²) in [5.74, 6) is 0. The van der Waals surface area contributed by atoms with Crippen molar-refractivity contribution in [2.75, 3.05) is 0 Å². The van der Waals surface area contributed by atoms with E-state index in [1.807, 2.05) is 0 Å². The van der Waals surface area contributed by atoms with Gasteiger partial charge in [-0.3, -0.25) is 0 Å².